The molecule has 7 nitrogen and oxygen atoms in total. The van der Waals surface area contributed by atoms with Gasteiger partial charge in [0.1, 0.15) is 0 Å². The summed E-state index contributed by atoms with van der Waals surface area (Å²) < 4.78 is 29.0. The van der Waals surface area contributed by atoms with E-state index in [1.807, 2.05) is 49.7 Å². The van der Waals surface area contributed by atoms with E-state index in [4.69, 9.17) is 0 Å². The van der Waals surface area contributed by atoms with Crippen LogP contribution in [0.25, 0.3) is 5.69 Å². The molecule has 3 rings (SSSR count). The first kappa shape index (κ1) is 22.7. The van der Waals surface area contributed by atoms with Crippen molar-refractivity contribution in [3.63, 3.8) is 0 Å². The largest absolute Gasteiger partial charge is 0.341 e. The van der Waals surface area contributed by atoms with Crippen molar-refractivity contribution < 1.29 is 13.2 Å². The lowest BCUT2D eigenvalue weighted by molar-refractivity contribution is -0.130. The van der Waals surface area contributed by atoms with Gasteiger partial charge >= 0.3 is 0 Å². The molecule has 1 heterocycles. The number of hydrogen-bond acceptors (Lipinski definition) is 4. The second-order valence-electron chi connectivity index (χ2n) is 7.56. The van der Waals surface area contributed by atoms with Crippen LogP contribution in [0.3, 0.4) is 0 Å². The first-order chi connectivity index (χ1) is 14.7. The number of amides is 1. The van der Waals surface area contributed by atoms with Crippen molar-refractivity contribution >= 4 is 15.9 Å². The first-order valence-electron chi connectivity index (χ1n) is 10.1. The Morgan fingerprint density at radius 1 is 1.03 bits per heavy atom. The van der Waals surface area contributed by atoms with Crippen molar-refractivity contribution in [2.45, 2.75) is 38.6 Å². The van der Waals surface area contributed by atoms with Crippen LogP contribution in [0.5, 0.6) is 0 Å². The fourth-order valence-corrected chi connectivity index (χ4v) is 4.48. The van der Waals surface area contributed by atoms with Crippen molar-refractivity contribution in [1.29, 1.82) is 0 Å². The van der Waals surface area contributed by atoms with Crippen LogP contribution in [-0.2, 0) is 21.4 Å². The van der Waals surface area contributed by atoms with Gasteiger partial charge in [-0.2, -0.15) is 5.10 Å². The zero-order valence-electron chi connectivity index (χ0n) is 18.3. The fourth-order valence-electron chi connectivity index (χ4n) is 3.43. The van der Waals surface area contributed by atoms with E-state index in [-0.39, 0.29) is 23.8 Å². The molecule has 1 amide bonds. The van der Waals surface area contributed by atoms with E-state index in [1.165, 1.54) is 12.1 Å². The van der Waals surface area contributed by atoms with Crippen LogP contribution in [0, 0.1) is 20.8 Å². The van der Waals surface area contributed by atoms with E-state index in [0.29, 0.717) is 6.54 Å². The maximum Gasteiger partial charge on any atom is 0.240 e. The van der Waals surface area contributed by atoms with Gasteiger partial charge in [0.25, 0.3) is 0 Å². The van der Waals surface area contributed by atoms with Crippen LogP contribution in [0.1, 0.15) is 28.9 Å². The number of benzene rings is 2. The number of para-hydroxylation sites is 1. The molecule has 1 N–H and O–H groups in total. The molecule has 164 valence electrons. The summed E-state index contributed by atoms with van der Waals surface area (Å²) in [4.78, 5) is 14.4. The molecule has 0 radical (unpaired) electrons. The summed E-state index contributed by atoms with van der Waals surface area (Å²) in [5, 5.41) is 4.67. The Morgan fingerprint density at radius 3 is 2.35 bits per heavy atom. The molecule has 8 heteroatoms. The molecule has 0 aliphatic heterocycles. The average molecular weight is 441 g/mol. The maximum absolute atomic E-state index is 12.6. The molecule has 0 bridgehead atoms. The first-order valence-corrected chi connectivity index (χ1v) is 11.6. The van der Waals surface area contributed by atoms with Gasteiger partial charge in [-0.05, 0) is 44.5 Å². The predicted molar refractivity (Wildman–Crippen MR) is 120 cm³/mol. The highest BCUT2D eigenvalue weighted by atomic mass is 32.2. The Bertz CT molecular complexity index is 1170. The second-order valence-corrected chi connectivity index (χ2v) is 9.33. The summed E-state index contributed by atoms with van der Waals surface area (Å²) in [6.45, 7) is 6.42. The lowest BCUT2D eigenvalue weighted by atomic mass is 10.1. The number of aromatic nitrogens is 2. The van der Waals surface area contributed by atoms with Crippen molar-refractivity contribution in [3.05, 3.63) is 77.1 Å². The highest BCUT2D eigenvalue weighted by molar-refractivity contribution is 7.89. The summed E-state index contributed by atoms with van der Waals surface area (Å²) in [6, 6.07) is 16.1. The Kier molecular flexibility index (Phi) is 6.92. The van der Waals surface area contributed by atoms with Crippen LogP contribution < -0.4 is 4.72 Å². The highest BCUT2D eigenvalue weighted by Crippen LogP contribution is 2.21. The lowest BCUT2D eigenvalue weighted by Gasteiger charge is -2.18. The van der Waals surface area contributed by atoms with Crippen molar-refractivity contribution in [2.75, 3.05) is 13.6 Å². The minimum Gasteiger partial charge on any atom is -0.341 e. The summed E-state index contributed by atoms with van der Waals surface area (Å²) in [5.41, 5.74) is 4.97. The normalized spacial score (nSPS) is 11.5. The van der Waals surface area contributed by atoms with Gasteiger partial charge in [0.05, 0.1) is 16.3 Å². The third kappa shape index (κ3) is 5.21. The summed E-state index contributed by atoms with van der Waals surface area (Å²) >= 11 is 0. The quantitative estimate of drug-likeness (QED) is 0.583. The minimum absolute atomic E-state index is 0.0425. The molecule has 0 spiro atoms. The third-order valence-electron chi connectivity index (χ3n) is 5.29. The van der Waals surface area contributed by atoms with Gasteiger partial charge in [0.2, 0.25) is 15.9 Å². The molecule has 0 saturated heterocycles. The Morgan fingerprint density at radius 2 is 1.68 bits per heavy atom. The number of carbonyl (C=O) groups excluding carboxylic acids is 1. The Labute approximate surface area is 183 Å². The Hall–Kier alpha value is -2.97. The molecule has 0 saturated carbocycles. The summed E-state index contributed by atoms with van der Waals surface area (Å²) in [6.07, 6.45) is 0.0760. The van der Waals surface area contributed by atoms with Gasteiger partial charge in [-0.1, -0.05) is 36.4 Å². The number of nitrogens with one attached hydrogen (secondary N) is 1. The van der Waals surface area contributed by atoms with Crippen LogP contribution in [0.2, 0.25) is 0 Å². The maximum atomic E-state index is 12.6. The van der Waals surface area contributed by atoms with Crippen LogP contribution in [0.4, 0.5) is 0 Å². The summed E-state index contributed by atoms with van der Waals surface area (Å²) in [7, 11) is -1.90. The van der Waals surface area contributed by atoms with Crippen molar-refractivity contribution in [2.24, 2.45) is 0 Å². The number of nitrogens with zero attached hydrogens (tertiary/aromatic N) is 3. The SMILES string of the molecule is Cc1ccccc1-n1nc(C)c(CN(C)C(=O)CCNS(=O)(=O)c2ccccc2)c1C. The fraction of sp³-hybridized carbons (Fsp3) is 0.304. The van der Waals surface area contributed by atoms with E-state index in [2.05, 4.69) is 9.82 Å². The van der Waals surface area contributed by atoms with Gasteiger partial charge < -0.3 is 4.90 Å². The number of rotatable bonds is 8. The third-order valence-corrected chi connectivity index (χ3v) is 6.77. The molecule has 0 aliphatic carbocycles. The van der Waals surface area contributed by atoms with Gasteiger partial charge in [-0.15, -0.1) is 0 Å². The van der Waals surface area contributed by atoms with E-state index in [9.17, 15) is 13.2 Å². The number of hydrogen-bond donors (Lipinski definition) is 1. The number of carbonyl (C=O) groups is 1. The number of aryl methyl sites for hydroxylation is 2. The smallest absolute Gasteiger partial charge is 0.240 e. The molecule has 3 aromatic rings. The zero-order valence-corrected chi connectivity index (χ0v) is 19.1. The van der Waals surface area contributed by atoms with Gasteiger partial charge in [0, 0.05) is 37.8 Å². The van der Waals surface area contributed by atoms with E-state index in [0.717, 1.165) is 28.2 Å². The molecule has 0 atom stereocenters. The van der Waals surface area contributed by atoms with Crippen molar-refractivity contribution in [3.8, 4) is 5.69 Å². The van der Waals surface area contributed by atoms with E-state index in [1.54, 1.807) is 30.1 Å². The molecule has 2 aromatic carbocycles. The molecule has 0 aliphatic rings. The second kappa shape index (κ2) is 9.45. The van der Waals surface area contributed by atoms with E-state index < -0.39 is 10.0 Å². The molecular weight excluding hydrogens is 412 g/mol. The molecule has 1 aromatic heterocycles. The number of sulfonamides is 1. The topological polar surface area (TPSA) is 84.3 Å². The zero-order chi connectivity index (χ0) is 22.6. The van der Waals surface area contributed by atoms with Gasteiger partial charge in [-0.3, -0.25) is 4.79 Å². The Balaban J connectivity index is 1.63. The highest BCUT2D eigenvalue weighted by Gasteiger charge is 2.19. The molecule has 0 unspecified atom stereocenters. The molecule has 0 fully saturated rings. The van der Waals surface area contributed by atoms with Gasteiger partial charge in [-0.25, -0.2) is 17.8 Å². The standard InChI is InChI=1S/C23H28N4O3S/c1-17-10-8-9-13-22(17)27-19(3)21(18(2)25-27)16-26(4)23(28)14-15-24-31(29,30)20-11-6-5-7-12-20/h5-13,24H,14-16H2,1-4H3. The average Bonchev–Trinajstić information content (AvgIpc) is 3.02. The van der Waals surface area contributed by atoms with Crippen LogP contribution >= 0.6 is 0 Å². The summed E-state index contributed by atoms with van der Waals surface area (Å²) in [5.74, 6) is -0.141. The lowest BCUT2D eigenvalue weighted by Crippen LogP contribution is -2.32. The molecular formula is C23H28N4O3S. The molecule has 31 heavy (non-hydrogen) atoms. The van der Waals surface area contributed by atoms with Crippen LogP contribution in [0.15, 0.2) is 59.5 Å². The van der Waals surface area contributed by atoms with Crippen LogP contribution in [-0.4, -0.2) is 42.6 Å². The van der Waals surface area contributed by atoms with Crippen molar-refractivity contribution in [1.82, 2.24) is 19.4 Å². The van der Waals surface area contributed by atoms with E-state index >= 15 is 0 Å². The predicted octanol–water partition coefficient (Wildman–Crippen LogP) is 3.12. The minimum atomic E-state index is -3.62. The van der Waals surface area contributed by atoms with Gasteiger partial charge in [0.15, 0.2) is 0 Å². The monoisotopic (exact) mass is 440 g/mol.